The van der Waals surface area contributed by atoms with Gasteiger partial charge < -0.3 is 20.7 Å². The van der Waals surface area contributed by atoms with Crippen molar-refractivity contribution in [2.24, 2.45) is 0 Å². The van der Waals surface area contributed by atoms with Gasteiger partial charge in [0.25, 0.3) is 5.91 Å². The molecule has 0 unspecified atom stereocenters. The predicted molar refractivity (Wildman–Crippen MR) is 116 cm³/mol. The largest absolute Gasteiger partial charge is 0.499 e. The smallest absolute Gasteiger partial charge is 0.256 e. The molecule has 1 aliphatic rings. The molecule has 1 amide bonds. The van der Waals surface area contributed by atoms with E-state index in [2.05, 4.69) is 31.0 Å². The van der Waals surface area contributed by atoms with Gasteiger partial charge in [-0.25, -0.2) is 9.97 Å². The lowest BCUT2D eigenvalue weighted by atomic mass is 9.52. The summed E-state index contributed by atoms with van der Waals surface area (Å²) in [4.78, 5) is 21.3. The normalized spacial score (nSPS) is 14.2. The van der Waals surface area contributed by atoms with E-state index in [9.17, 15) is 4.79 Å². The third-order valence-electron chi connectivity index (χ3n) is 4.72. The third kappa shape index (κ3) is 4.22. The molecule has 30 heavy (non-hydrogen) atoms. The summed E-state index contributed by atoms with van der Waals surface area (Å²) >= 11 is 0. The first kappa shape index (κ1) is 20.1. The number of carbonyl (C=O) groups is 1. The van der Waals surface area contributed by atoms with E-state index >= 15 is 0 Å². The standard InChI is InChI=1S/C18H18B3N7O2/c1-22-14-8-13(26-12-6-3-7-23-17(12)30-18(19,20)21)27-15-11(9-24-28(14)15)16(29)25-10-4-2-5-10/h3,6-10,22H,2,4-5H2,1H3,(H,25,29)(H,26,27). The molecule has 6 radical (unpaired) electrons. The van der Waals surface area contributed by atoms with Crippen LogP contribution in [0.25, 0.3) is 5.65 Å². The van der Waals surface area contributed by atoms with Crippen molar-refractivity contribution in [1.82, 2.24) is 24.9 Å². The molecule has 0 aromatic carbocycles. The summed E-state index contributed by atoms with van der Waals surface area (Å²) in [5, 5.41) is 11.6. The van der Waals surface area contributed by atoms with Crippen LogP contribution in [0.3, 0.4) is 0 Å². The van der Waals surface area contributed by atoms with Crippen LogP contribution in [0.5, 0.6) is 5.88 Å². The number of carbonyl (C=O) groups excluding carboxylic acids is 1. The van der Waals surface area contributed by atoms with Gasteiger partial charge >= 0.3 is 0 Å². The number of amides is 1. The molecule has 9 nitrogen and oxygen atoms in total. The molecule has 3 aromatic rings. The lowest BCUT2D eigenvalue weighted by Crippen LogP contribution is -2.39. The molecule has 1 aliphatic carbocycles. The monoisotopic (exact) mass is 397 g/mol. The highest BCUT2D eigenvalue weighted by Gasteiger charge is 2.23. The van der Waals surface area contributed by atoms with Crippen LogP contribution in [0.2, 0.25) is 0 Å². The Morgan fingerprint density at radius 1 is 1.33 bits per heavy atom. The van der Waals surface area contributed by atoms with Gasteiger partial charge in [0.1, 0.15) is 46.4 Å². The Hall–Kier alpha value is -3.17. The number of rotatable bonds is 7. The van der Waals surface area contributed by atoms with Crippen molar-refractivity contribution in [2.75, 3.05) is 17.7 Å². The molecule has 12 heteroatoms. The first-order chi connectivity index (χ1) is 14.3. The van der Waals surface area contributed by atoms with Gasteiger partial charge in [-0.1, -0.05) is 0 Å². The zero-order chi connectivity index (χ0) is 21.3. The van der Waals surface area contributed by atoms with Crippen LogP contribution in [-0.4, -0.2) is 67.4 Å². The van der Waals surface area contributed by atoms with Crippen molar-refractivity contribution < 1.29 is 9.53 Å². The van der Waals surface area contributed by atoms with Crippen LogP contribution in [0.4, 0.5) is 17.3 Å². The summed E-state index contributed by atoms with van der Waals surface area (Å²) in [6, 6.07) is 5.34. The summed E-state index contributed by atoms with van der Waals surface area (Å²) in [5.74, 6) is 0.960. The first-order valence-corrected chi connectivity index (χ1v) is 9.49. The molecule has 3 aromatic heterocycles. The van der Waals surface area contributed by atoms with Gasteiger partial charge in [-0.15, -0.1) is 0 Å². The number of pyridine rings is 1. The Balaban J connectivity index is 1.68. The fraction of sp³-hybridized carbons (Fsp3) is 0.333. The van der Waals surface area contributed by atoms with Gasteiger partial charge in [0.15, 0.2) is 5.65 Å². The van der Waals surface area contributed by atoms with Crippen molar-refractivity contribution in [3.8, 4) is 5.88 Å². The maximum atomic E-state index is 12.7. The van der Waals surface area contributed by atoms with E-state index in [1.54, 1.807) is 29.8 Å². The number of aromatic nitrogens is 4. The van der Waals surface area contributed by atoms with Crippen molar-refractivity contribution in [1.29, 1.82) is 0 Å². The highest BCUT2D eigenvalue weighted by Crippen LogP contribution is 2.28. The Labute approximate surface area is 177 Å². The van der Waals surface area contributed by atoms with Gasteiger partial charge in [0, 0.05) is 25.4 Å². The van der Waals surface area contributed by atoms with Crippen LogP contribution in [0.15, 0.2) is 30.6 Å². The third-order valence-corrected chi connectivity index (χ3v) is 4.72. The van der Waals surface area contributed by atoms with Crippen LogP contribution >= 0.6 is 0 Å². The van der Waals surface area contributed by atoms with Crippen LogP contribution in [-0.2, 0) is 0 Å². The van der Waals surface area contributed by atoms with Gasteiger partial charge in [0.05, 0.1) is 6.20 Å². The van der Waals surface area contributed by atoms with Gasteiger partial charge in [0.2, 0.25) is 5.88 Å². The van der Waals surface area contributed by atoms with Crippen LogP contribution in [0, 0.1) is 0 Å². The van der Waals surface area contributed by atoms with Gasteiger partial charge in [-0.3, -0.25) is 4.79 Å². The molecular weight excluding hydrogens is 379 g/mol. The molecule has 0 aliphatic heterocycles. The Morgan fingerprint density at radius 3 is 2.80 bits per heavy atom. The molecule has 3 heterocycles. The second kappa shape index (κ2) is 7.93. The molecule has 0 spiro atoms. The molecule has 1 fully saturated rings. The topological polar surface area (TPSA) is 105 Å². The minimum atomic E-state index is -1.89. The maximum Gasteiger partial charge on any atom is 0.256 e. The van der Waals surface area contributed by atoms with E-state index in [-0.39, 0.29) is 17.8 Å². The number of hydrogen-bond donors (Lipinski definition) is 3. The molecule has 0 saturated heterocycles. The number of anilines is 3. The van der Waals surface area contributed by atoms with E-state index < -0.39 is 5.30 Å². The zero-order valence-electron chi connectivity index (χ0n) is 16.4. The molecule has 0 atom stereocenters. The number of ether oxygens (including phenoxy) is 1. The summed E-state index contributed by atoms with van der Waals surface area (Å²) in [6.07, 6.45) is 6.12. The van der Waals surface area contributed by atoms with E-state index in [1.807, 2.05) is 0 Å². The lowest BCUT2D eigenvalue weighted by Gasteiger charge is -2.26. The van der Waals surface area contributed by atoms with Crippen molar-refractivity contribution >= 4 is 52.4 Å². The van der Waals surface area contributed by atoms with Gasteiger partial charge in [-0.2, -0.15) is 9.61 Å². The molecular formula is C18H18B3N7O2. The first-order valence-electron chi connectivity index (χ1n) is 9.49. The molecule has 1 saturated carbocycles. The van der Waals surface area contributed by atoms with E-state index in [0.29, 0.717) is 28.5 Å². The summed E-state index contributed by atoms with van der Waals surface area (Å²) in [7, 11) is 18.3. The summed E-state index contributed by atoms with van der Waals surface area (Å²) < 4.78 is 6.85. The van der Waals surface area contributed by atoms with E-state index in [1.165, 1.54) is 12.4 Å². The number of nitrogens with one attached hydrogen (secondary N) is 3. The fourth-order valence-corrected chi connectivity index (χ4v) is 3.05. The number of fused-ring (bicyclic) bond motifs is 1. The molecule has 4 rings (SSSR count). The Morgan fingerprint density at radius 2 is 2.13 bits per heavy atom. The predicted octanol–water partition coefficient (Wildman–Crippen LogP) is 0.687. The summed E-state index contributed by atoms with van der Waals surface area (Å²) in [6.45, 7) is 0. The fourth-order valence-electron chi connectivity index (χ4n) is 3.05. The molecule has 3 N–H and O–H groups in total. The SMILES string of the molecule is [B]C([B])([B])Oc1ncccc1Nc1cc(NC)n2ncc(C(=O)NC3CCC3)c2n1. The average Bonchev–Trinajstić information content (AvgIpc) is 3.08. The Bertz CT molecular complexity index is 1080. The van der Waals surface area contributed by atoms with Crippen LogP contribution in [0.1, 0.15) is 29.6 Å². The lowest BCUT2D eigenvalue weighted by molar-refractivity contribution is 0.0918. The second-order valence-electron chi connectivity index (χ2n) is 7.11. The van der Waals surface area contributed by atoms with Gasteiger partial charge in [-0.05, 0) is 36.7 Å². The highest BCUT2D eigenvalue weighted by atomic mass is 16.5. The molecule has 146 valence electrons. The minimum absolute atomic E-state index is 0.106. The molecule has 0 bridgehead atoms. The zero-order valence-corrected chi connectivity index (χ0v) is 16.4. The number of hydrogen-bond acceptors (Lipinski definition) is 7. The second-order valence-corrected chi connectivity index (χ2v) is 7.11. The average molecular weight is 397 g/mol. The highest BCUT2D eigenvalue weighted by molar-refractivity contribution is 6.58. The summed E-state index contributed by atoms with van der Waals surface area (Å²) in [5.41, 5.74) is 1.23. The van der Waals surface area contributed by atoms with Crippen molar-refractivity contribution in [3.05, 3.63) is 36.2 Å². The van der Waals surface area contributed by atoms with Crippen molar-refractivity contribution in [3.63, 3.8) is 0 Å². The van der Waals surface area contributed by atoms with Crippen molar-refractivity contribution in [2.45, 2.75) is 30.6 Å². The maximum absolute atomic E-state index is 12.7. The number of nitrogens with zero attached hydrogens (tertiary/aromatic N) is 4. The van der Waals surface area contributed by atoms with E-state index in [0.717, 1.165) is 19.3 Å². The van der Waals surface area contributed by atoms with Crippen LogP contribution < -0.4 is 20.7 Å². The Kier molecular flexibility index (Phi) is 5.32. The quantitative estimate of drug-likeness (QED) is 0.504. The van der Waals surface area contributed by atoms with E-state index in [4.69, 9.17) is 28.3 Å². The minimum Gasteiger partial charge on any atom is -0.499 e.